The summed E-state index contributed by atoms with van der Waals surface area (Å²) in [6, 6.07) is 8.27. The monoisotopic (exact) mass is 253 g/mol. The number of likely N-dealkylation sites (N-methyl/N-ethyl adjacent to an activating group) is 1. The third-order valence-electron chi connectivity index (χ3n) is 2.67. The minimum absolute atomic E-state index is 0.126. The Morgan fingerprint density at radius 2 is 2.24 bits per heavy atom. The highest BCUT2D eigenvalue weighted by molar-refractivity contribution is 6.30. The van der Waals surface area contributed by atoms with E-state index in [4.69, 9.17) is 16.0 Å². The molecule has 0 aliphatic carbocycles. The van der Waals surface area contributed by atoms with Gasteiger partial charge in [0.25, 0.3) is 0 Å². The van der Waals surface area contributed by atoms with Gasteiger partial charge in [-0.05, 0) is 31.3 Å². The van der Waals surface area contributed by atoms with Gasteiger partial charge < -0.3 is 9.73 Å². The number of hydrogen-bond acceptors (Lipinski definition) is 2. The molecule has 0 fully saturated rings. The quantitative estimate of drug-likeness (QED) is 0.901. The zero-order valence-electron chi connectivity index (χ0n) is 9.41. The van der Waals surface area contributed by atoms with Crippen LogP contribution in [-0.2, 0) is 6.42 Å². The molecule has 17 heavy (non-hydrogen) atoms. The number of halogens is 2. The maximum atomic E-state index is 13.8. The lowest BCUT2D eigenvalue weighted by Crippen LogP contribution is -2.19. The van der Waals surface area contributed by atoms with Crippen molar-refractivity contribution < 1.29 is 8.81 Å². The summed E-state index contributed by atoms with van der Waals surface area (Å²) in [5.74, 6) is 0.516. The Kier molecular flexibility index (Phi) is 3.82. The van der Waals surface area contributed by atoms with Crippen molar-refractivity contribution in [2.75, 3.05) is 7.05 Å². The summed E-state index contributed by atoms with van der Waals surface area (Å²) in [6.45, 7) is 0. The van der Waals surface area contributed by atoms with Crippen molar-refractivity contribution in [1.82, 2.24) is 5.32 Å². The second kappa shape index (κ2) is 5.34. The summed E-state index contributed by atoms with van der Waals surface area (Å²) in [7, 11) is 1.79. The van der Waals surface area contributed by atoms with E-state index >= 15 is 0 Å². The minimum atomic E-state index is -0.302. The lowest BCUT2D eigenvalue weighted by atomic mass is 10.0. The number of nitrogens with one attached hydrogen (secondary N) is 1. The van der Waals surface area contributed by atoms with E-state index in [9.17, 15) is 4.39 Å². The Hall–Kier alpha value is -1.32. The molecule has 0 aliphatic rings. The van der Waals surface area contributed by atoms with E-state index in [1.54, 1.807) is 25.4 Å². The van der Waals surface area contributed by atoms with Crippen LogP contribution in [0.5, 0.6) is 0 Å². The lowest BCUT2D eigenvalue weighted by Gasteiger charge is -2.16. The Bertz CT molecular complexity index is 484. The summed E-state index contributed by atoms with van der Waals surface area (Å²) in [5.41, 5.74) is 0.591. The molecule has 90 valence electrons. The van der Waals surface area contributed by atoms with Crippen LogP contribution < -0.4 is 5.32 Å². The van der Waals surface area contributed by atoms with Crippen LogP contribution in [-0.4, -0.2) is 7.05 Å². The van der Waals surface area contributed by atoms with Crippen molar-refractivity contribution in [2.45, 2.75) is 12.5 Å². The van der Waals surface area contributed by atoms with Gasteiger partial charge in [-0.2, -0.15) is 0 Å². The first-order valence-corrected chi connectivity index (χ1v) is 5.73. The summed E-state index contributed by atoms with van der Waals surface area (Å²) in [6.07, 6.45) is 2.21. The fraction of sp³-hybridized carbons (Fsp3) is 0.231. The van der Waals surface area contributed by atoms with E-state index in [2.05, 4.69) is 5.32 Å². The fourth-order valence-electron chi connectivity index (χ4n) is 1.78. The number of furan rings is 1. The molecule has 1 unspecified atom stereocenters. The second-order valence-corrected chi connectivity index (χ2v) is 4.23. The summed E-state index contributed by atoms with van der Waals surface area (Å²) in [4.78, 5) is 0. The van der Waals surface area contributed by atoms with Crippen LogP contribution >= 0.6 is 11.6 Å². The van der Waals surface area contributed by atoms with Crippen molar-refractivity contribution in [3.8, 4) is 0 Å². The van der Waals surface area contributed by atoms with Gasteiger partial charge in [-0.25, -0.2) is 4.39 Å². The zero-order chi connectivity index (χ0) is 12.3. The predicted octanol–water partition coefficient (Wildman–Crippen LogP) is 3.58. The average molecular weight is 254 g/mol. The molecule has 0 saturated heterocycles. The van der Waals surface area contributed by atoms with Gasteiger partial charge >= 0.3 is 0 Å². The SMILES string of the molecule is CNC(Cc1ccco1)c1ccc(Cl)cc1F. The molecule has 1 N–H and O–H groups in total. The average Bonchev–Trinajstić information content (AvgIpc) is 2.79. The standard InChI is InChI=1S/C13H13ClFNO/c1-16-13(8-10-3-2-6-17-10)11-5-4-9(14)7-12(11)15/h2-7,13,16H,8H2,1H3. The Labute approximate surface area is 104 Å². The molecule has 0 aliphatic heterocycles. The normalized spacial score (nSPS) is 12.6. The molecule has 0 bridgehead atoms. The molecular formula is C13H13ClFNO. The minimum Gasteiger partial charge on any atom is -0.469 e. The van der Waals surface area contributed by atoms with Gasteiger partial charge in [-0.15, -0.1) is 0 Å². The van der Waals surface area contributed by atoms with E-state index in [-0.39, 0.29) is 11.9 Å². The molecular weight excluding hydrogens is 241 g/mol. The molecule has 0 saturated carbocycles. The number of rotatable bonds is 4. The summed E-state index contributed by atoms with van der Waals surface area (Å²) in [5, 5.41) is 3.48. The van der Waals surface area contributed by atoms with Crippen LogP contribution in [0, 0.1) is 5.82 Å². The van der Waals surface area contributed by atoms with Crippen LogP contribution in [0.4, 0.5) is 4.39 Å². The Morgan fingerprint density at radius 1 is 1.41 bits per heavy atom. The molecule has 0 radical (unpaired) electrons. The smallest absolute Gasteiger partial charge is 0.129 e. The molecule has 1 aromatic carbocycles. The largest absolute Gasteiger partial charge is 0.469 e. The van der Waals surface area contributed by atoms with Gasteiger partial charge in [0.05, 0.1) is 6.26 Å². The third kappa shape index (κ3) is 2.87. The summed E-state index contributed by atoms with van der Waals surface area (Å²) < 4.78 is 19.0. The first-order valence-electron chi connectivity index (χ1n) is 5.35. The Balaban J connectivity index is 2.23. The molecule has 0 spiro atoms. The van der Waals surface area contributed by atoms with E-state index in [0.29, 0.717) is 17.0 Å². The van der Waals surface area contributed by atoms with Gasteiger partial charge in [0, 0.05) is 23.0 Å². The number of hydrogen-bond donors (Lipinski definition) is 1. The molecule has 4 heteroatoms. The van der Waals surface area contributed by atoms with Crippen molar-refractivity contribution in [2.24, 2.45) is 0 Å². The molecule has 2 nitrogen and oxygen atoms in total. The summed E-state index contributed by atoms with van der Waals surface area (Å²) >= 11 is 5.73. The molecule has 1 aromatic heterocycles. The molecule has 1 heterocycles. The van der Waals surface area contributed by atoms with Crippen molar-refractivity contribution in [3.05, 3.63) is 58.8 Å². The topological polar surface area (TPSA) is 25.2 Å². The highest BCUT2D eigenvalue weighted by atomic mass is 35.5. The van der Waals surface area contributed by atoms with Gasteiger partial charge in [-0.1, -0.05) is 17.7 Å². The van der Waals surface area contributed by atoms with Gasteiger partial charge in [-0.3, -0.25) is 0 Å². The maximum Gasteiger partial charge on any atom is 0.129 e. The van der Waals surface area contributed by atoms with Crippen molar-refractivity contribution in [3.63, 3.8) is 0 Å². The van der Waals surface area contributed by atoms with Crippen LogP contribution in [0.25, 0.3) is 0 Å². The predicted molar refractivity (Wildman–Crippen MR) is 65.6 cm³/mol. The first-order chi connectivity index (χ1) is 8.20. The van der Waals surface area contributed by atoms with Crippen LogP contribution in [0.1, 0.15) is 17.4 Å². The van der Waals surface area contributed by atoms with Gasteiger partial charge in [0.15, 0.2) is 0 Å². The van der Waals surface area contributed by atoms with Gasteiger partial charge in [0.1, 0.15) is 11.6 Å². The van der Waals surface area contributed by atoms with E-state index in [1.165, 1.54) is 6.07 Å². The number of benzene rings is 1. The molecule has 1 atom stereocenters. The van der Waals surface area contributed by atoms with Crippen LogP contribution in [0.3, 0.4) is 0 Å². The molecule has 2 aromatic rings. The van der Waals surface area contributed by atoms with E-state index in [0.717, 1.165) is 5.76 Å². The lowest BCUT2D eigenvalue weighted by molar-refractivity contribution is 0.455. The van der Waals surface area contributed by atoms with Gasteiger partial charge in [0.2, 0.25) is 0 Å². The van der Waals surface area contributed by atoms with Crippen LogP contribution in [0.15, 0.2) is 41.0 Å². The van der Waals surface area contributed by atoms with E-state index < -0.39 is 0 Å². The highest BCUT2D eigenvalue weighted by Crippen LogP contribution is 2.23. The highest BCUT2D eigenvalue weighted by Gasteiger charge is 2.15. The Morgan fingerprint density at radius 3 is 2.82 bits per heavy atom. The van der Waals surface area contributed by atoms with Crippen molar-refractivity contribution in [1.29, 1.82) is 0 Å². The maximum absolute atomic E-state index is 13.8. The third-order valence-corrected chi connectivity index (χ3v) is 2.91. The van der Waals surface area contributed by atoms with E-state index in [1.807, 2.05) is 12.1 Å². The zero-order valence-corrected chi connectivity index (χ0v) is 10.2. The fourth-order valence-corrected chi connectivity index (χ4v) is 1.94. The first kappa shape index (κ1) is 12.1. The molecule has 0 amide bonds. The van der Waals surface area contributed by atoms with Crippen molar-refractivity contribution >= 4 is 11.6 Å². The van der Waals surface area contributed by atoms with Crippen LogP contribution in [0.2, 0.25) is 5.02 Å². The molecule has 2 rings (SSSR count). The second-order valence-electron chi connectivity index (χ2n) is 3.79.